The van der Waals surface area contributed by atoms with Crippen LogP contribution in [0.2, 0.25) is 0 Å². The average Bonchev–Trinajstić information content (AvgIpc) is 3.87. The molecule has 2 fully saturated rings. The van der Waals surface area contributed by atoms with Crippen molar-refractivity contribution in [2.75, 3.05) is 67.1 Å². The van der Waals surface area contributed by atoms with E-state index in [0.717, 1.165) is 0 Å². The van der Waals surface area contributed by atoms with Gasteiger partial charge in [-0.1, -0.05) is 38.1 Å². The van der Waals surface area contributed by atoms with Crippen molar-refractivity contribution in [2.45, 2.75) is 43.0 Å². The topological polar surface area (TPSA) is 167 Å². The summed E-state index contributed by atoms with van der Waals surface area (Å²) < 4.78 is 88.1. The molecule has 14 nitrogen and oxygen atoms in total. The molecule has 2 aromatic heterocycles. The monoisotopic (exact) mass is 862 g/mol. The van der Waals surface area contributed by atoms with Gasteiger partial charge in [-0.3, -0.25) is 9.59 Å². The van der Waals surface area contributed by atoms with Crippen LogP contribution in [0.4, 0.5) is 20.8 Å². The molecule has 4 aromatic carbocycles. The molecule has 0 bridgehead atoms. The van der Waals surface area contributed by atoms with Crippen LogP contribution in [0.3, 0.4) is 0 Å². The van der Waals surface area contributed by atoms with Crippen LogP contribution in [0, 0.1) is 11.6 Å². The minimum Gasteiger partial charge on any atom is -0.423 e. The molecule has 2 saturated heterocycles. The molecule has 18 heteroatoms. The molecule has 8 rings (SSSR count). The number of aromatic nitrogens is 2. The Morgan fingerprint density at radius 1 is 0.667 bits per heavy atom. The molecule has 6 aromatic rings. The first-order valence-corrected chi connectivity index (χ1v) is 22.9. The zero-order valence-corrected chi connectivity index (χ0v) is 34.9. The Morgan fingerprint density at radius 2 is 1.17 bits per heavy atom. The van der Waals surface area contributed by atoms with Gasteiger partial charge in [0.25, 0.3) is 23.8 Å². The maximum Gasteiger partial charge on any atom is 0.298 e. The van der Waals surface area contributed by atoms with E-state index in [0.29, 0.717) is 86.5 Å². The molecule has 0 unspecified atom stereocenters. The second kappa shape index (κ2) is 17.4. The Morgan fingerprint density at radius 3 is 1.70 bits per heavy atom. The quantitative estimate of drug-likeness (QED) is 0.161. The molecule has 0 aliphatic carbocycles. The number of piperazine rings is 2. The zero-order valence-electron chi connectivity index (χ0n) is 33.3. The van der Waals surface area contributed by atoms with Gasteiger partial charge in [-0.15, -0.1) is 0 Å². The number of halogens is 2. The maximum absolute atomic E-state index is 13.4. The number of sulfone groups is 2. The third-order valence-corrected chi connectivity index (χ3v) is 14.2. The van der Waals surface area contributed by atoms with Crippen LogP contribution in [0.1, 0.15) is 47.9 Å². The van der Waals surface area contributed by atoms with Gasteiger partial charge in [0, 0.05) is 64.0 Å². The van der Waals surface area contributed by atoms with Gasteiger partial charge in [-0.25, -0.2) is 25.6 Å². The van der Waals surface area contributed by atoms with Crippen molar-refractivity contribution < 1.29 is 44.0 Å². The first-order chi connectivity index (χ1) is 28.7. The molecule has 4 heterocycles. The molecule has 316 valence electrons. The summed E-state index contributed by atoms with van der Waals surface area (Å²) in [5.74, 6) is -1.46. The van der Waals surface area contributed by atoms with Crippen molar-refractivity contribution >= 4 is 65.7 Å². The number of carbonyl (C=O) groups excluding carboxylic acids is 2. The van der Waals surface area contributed by atoms with Gasteiger partial charge in [0.2, 0.25) is 0 Å². The lowest BCUT2D eigenvalue weighted by Gasteiger charge is -2.39. The number of fused-ring (bicyclic) bond motifs is 2. The van der Waals surface area contributed by atoms with Crippen LogP contribution < -0.4 is 9.80 Å². The summed E-state index contributed by atoms with van der Waals surface area (Å²) in [6, 6.07) is 21.6. The van der Waals surface area contributed by atoms with Crippen molar-refractivity contribution in [3.8, 4) is 0 Å². The minimum atomic E-state index is -3.52. The SMILES string of the molecule is CCCS(=O)(=O)c1ccccc1C(=O)N1CCN(c2nc3ccc(F)cc3o2)CC1.CCS(=O)(=O)c1ccccc1C(=O)N1CCN(c2nc3ccc(F)cc3o2)C[C@@H]1C. The summed E-state index contributed by atoms with van der Waals surface area (Å²) in [4.78, 5) is 42.3. The van der Waals surface area contributed by atoms with E-state index in [1.807, 2.05) is 16.7 Å². The van der Waals surface area contributed by atoms with E-state index >= 15 is 0 Å². The zero-order chi connectivity index (χ0) is 42.8. The molecule has 60 heavy (non-hydrogen) atoms. The summed E-state index contributed by atoms with van der Waals surface area (Å²) in [5.41, 5.74) is 2.28. The number of oxazole rings is 2. The van der Waals surface area contributed by atoms with Gasteiger partial charge in [0.15, 0.2) is 30.8 Å². The average molecular weight is 863 g/mol. The summed E-state index contributed by atoms with van der Waals surface area (Å²) in [5, 5.41) is 0. The van der Waals surface area contributed by atoms with Gasteiger partial charge < -0.3 is 28.4 Å². The van der Waals surface area contributed by atoms with Crippen LogP contribution in [0.25, 0.3) is 22.2 Å². The highest BCUT2D eigenvalue weighted by Crippen LogP contribution is 2.28. The highest BCUT2D eigenvalue weighted by molar-refractivity contribution is 7.91. The van der Waals surface area contributed by atoms with Gasteiger partial charge >= 0.3 is 0 Å². The predicted molar refractivity (Wildman–Crippen MR) is 222 cm³/mol. The number of hydrogen-bond acceptors (Lipinski definition) is 12. The van der Waals surface area contributed by atoms with Gasteiger partial charge in [0.1, 0.15) is 22.7 Å². The largest absolute Gasteiger partial charge is 0.423 e. The Hall–Kier alpha value is -5.88. The first kappa shape index (κ1) is 42.3. The molecular weight excluding hydrogens is 819 g/mol. The first-order valence-electron chi connectivity index (χ1n) is 19.5. The van der Waals surface area contributed by atoms with Gasteiger partial charge in [-0.2, -0.15) is 9.97 Å². The van der Waals surface area contributed by atoms with E-state index in [1.54, 1.807) is 72.2 Å². The Bertz CT molecular complexity index is 2770. The number of amides is 2. The van der Waals surface area contributed by atoms with Gasteiger partial charge in [0.05, 0.1) is 32.4 Å². The number of nitrogens with zero attached hydrogens (tertiary/aromatic N) is 6. The van der Waals surface area contributed by atoms with Gasteiger partial charge in [-0.05, 0) is 61.9 Å². The summed E-state index contributed by atoms with van der Waals surface area (Å²) >= 11 is 0. The lowest BCUT2D eigenvalue weighted by molar-refractivity contribution is 0.0666. The molecule has 0 saturated carbocycles. The van der Waals surface area contributed by atoms with E-state index in [-0.39, 0.29) is 50.3 Å². The highest BCUT2D eigenvalue weighted by atomic mass is 32.2. The lowest BCUT2D eigenvalue weighted by Crippen LogP contribution is -2.54. The molecule has 2 aliphatic heterocycles. The fourth-order valence-corrected chi connectivity index (χ4v) is 9.89. The van der Waals surface area contributed by atoms with E-state index < -0.39 is 31.3 Å². The molecule has 1 atom stereocenters. The summed E-state index contributed by atoms with van der Waals surface area (Å²) in [7, 11) is -7.03. The molecule has 0 spiro atoms. The van der Waals surface area contributed by atoms with E-state index in [2.05, 4.69) is 9.97 Å². The molecule has 0 N–H and O–H groups in total. The van der Waals surface area contributed by atoms with Crippen molar-refractivity contribution in [1.29, 1.82) is 0 Å². The standard InChI is InChI=1S/2C21H22FN3O4S/c1-3-30(27,28)19-7-5-4-6-16(19)20(26)25-11-10-24(13-14(25)2)21-23-17-9-8-15(22)12-18(17)29-21;1-2-13-30(27,28)19-6-4-3-5-16(19)20(26)24-9-11-25(12-10-24)21-23-17-8-7-15(22)14-18(17)29-21/h4-9,12,14H,3,10-11,13H2,1-2H3;3-8,14H,2,9-13H2,1H3/t14-;/m0./s1. The minimum absolute atomic E-state index is 0.00336. The van der Waals surface area contributed by atoms with Crippen LogP contribution in [0.5, 0.6) is 0 Å². The maximum atomic E-state index is 13.4. The number of carbonyl (C=O) groups is 2. The number of rotatable bonds is 9. The fourth-order valence-electron chi connectivity index (χ4n) is 7.27. The molecule has 2 amide bonds. The number of hydrogen-bond donors (Lipinski definition) is 0. The van der Waals surface area contributed by atoms with E-state index in [1.165, 1.54) is 36.4 Å². The van der Waals surface area contributed by atoms with E-state index in [4.69, 9.17) is 8.83 Å². The Kier molecular flexibility index (Phi) is 12.2. The third kappa shape index (κ3) is 8.84. The van der Waals surface area contributed by atoms with Crippen LogP contribution in [-0.4, -0.2) is 112 Å². The number of benzene rings is 4. The van der Waals surface area contributed by atoms with Crippen LogP contribution >= 0.6 is 0 Å². The van der Waals surface area contributed by atoms with Crippen molar-refractivity contribution in [3.63, 3.8) is 0 Å². The summed E-state index contributed by atoms with van der Waals surface area (Å²) in [6.45, 7) is 8.30. The smallest absolute Gasteiger partial charge is 0.298 e. The molecule has 2 aliphatic rings. The predicted octanol–water partition coefficient (Wildman–Crippen LogP) is 6.22. The summed E-state index contributed by atoms with van der Waals surface area (Å²) in [6.07, 6.45) is 0.484. The second-order valence-electron chi connectivity index (χ2n) is 14.5. The van der Waals surface area contributed by atoms with Crippen LogP contribution in [-0.2, 0) is 19.7 Å². The number of anilines is 2. The van der Waals surface area contributed by atoms with Crippen molar-refractivity contribution in [1.82, 2.24) is 19.8 Å². The lowest BCUT2D eigenvalue weighted by atomic mass is 10.1. The Labute approximate surface area is 346 Å². The molecular formula is C42H44F2N6O8S2. The Balaban J connectivity index is 0.000000181. The van der Waals surface area contributed by atoms with E-state index in [9.17, 15) is 35.2 Å². The highest BCUT2D eigenvalue weighted by Gasteiger charge is 2.33. The van der Waals surface area contributed by atoms with Crippen molar-refractivity contribution in [3.05, 3.63) is 108 Å². The van der Waals surface area contributed by atoms with Crippen molar-refractivity contribution in [2.24, 2.45) is 0 Å². The van der Waals surface area contributed by atoms with Crippen LogP contribution in [0.15, 0.2) is 104 Å². The normalized spacial score (nSPS) is 16.2. The third-order valence-electron chi connectivity index (χ3n) is 10.4. The molecule has 0 radical (unpaired) electrons. The fraction of sp³-hybridized carbons (Fsp3) is 0.333. The second-order valence-corrected chi connectivity index (χ2v) is 18.8.